The zero-order valence-electron chi connectivity index (χ0n) is 11.1. The van der Waals surface area contributed by atoms with E-state index in [9.17, 15) is 4.79 Å². The van der Waals surface area contributed by atoms with Crippen LogP contribution in [0.1, 0.15) is 13.3 Å². The number of benzene rings is 1. The van der Waals surface area contributed by atoms with Crippen molar-refractivity contribution in [1.29, 1.82) is 0 Å². The maximum absolute atomic E-state index is 11.9. The highest BCUT2D eigenvalue weighted by Gasteiger charge is 2.14. The maximum Gasteiger partial charge on any atom is 0.241 e. The van der Waals surface area contributed by atoms with E-state index in [-0.39, 0.29) is 5.91 Å². The van der Waals surface area contributed by atoms with Crippen LogP contribution in [0.4, 0.5) is 5.69 Å². The summed E-state index contributed by atoms with van der Waals surface area (Å²) in [5.41, 5.74) is 6.34. The number of anilines is 1. The molecule has 1 aromatic rings. The van der Waals surface area contributed by atoms with Crippen molar-refractivity contribution < 1.29 is 9.53 Å². The summed E-state index contributed by atoms with van der Waals surface area (Å²) in [5.74, 6) is 2.30. The van der Waals surface area contributed by atoms with E-state index in [0.29, 0.717) is 22.9 Å². The molecule has 0 saturated heterocycles. The summed E-state index contributed by atoms with van der Waals surface area (Å²) in [6.07, 6.45) is 0.645. The number of hydrogen-bond donors (Lipinski definition) is 2. The Morgan fingerprint density at radius 2 is 2.32 bits per heavy atom. The van der Waals surface area contributed by atoms with Crippen LogP contribution in [0.3, 0.4) is 0 Å². The number of carbonyl (C=O) groups excluding carboxylic acids is 1. The van der Waals surface area contributed by atoms with E-state index in [4.69, 9.17) is 22.1 Å². The van der Waals surface area contributed by atoms with Gasteiger partial charge in [-0.1, -0.05) is 18.5 Å². The number of methoxy groups -OCH3 is 1. The molecule has 0 unspecified atom stereocenters. The lowest BCUT2D eigenvalue weighted by Crippen LogP contribution is -2.36. The molecule has 1 atom stereocenters. The van der Waals surface area contributed by atoms with Gasteiger partial charge < -0.3 is 15.8 Å². The highest BCUT2D eigenvalue weighted by atomic mass is 35.5. The van der Waals surface area contributed by atoms with Crippen LogP contribution in [-0.4, -0.2) is 30.6 Å². The van der Waals surface area contributed by atoms with Crippen LogP contribution < -0.4 is 15.8 Å². The molecule has 0 aromatic heterocycles. The predicted octanol–water partition coefficient (Wildman–Crippen LogP) is 2.76. The van der Waals surface area contributed by atoms with E-state index in [1.807, 2.05) is 0 Å². The van der Waals surface area contributed by atoms with Crippen LogP contribution in [-0.2, 0) is 4.79 Å². The average Bonchev–Trinajstić information content (AvgIpc) is 2.41. The second-order valence-corrected chi connectivity index (χ2v) is 5.73. The molecular formula is C13H19ClN2O2S. The van der Waals surface area contributed by atoms with Gasteiger partial charge in [0.15, 0.2) is 0 Å². The van der Waals surface area contributed by atoms with E-state index in [2.05, 4.69) is 12.2 Å². The van der Waals surface area contributed by atoms with Crippen molar-refractivity contribution in [2.75, 3.05) is 23.9 Å². The number of halogens is 1. The topological polar surface area (TPSA) is 64.4 Å². The molecule has 0 radical (unpaired) electrons. The molecule has 6 heteroatoms. The van der Waals surface area contributed by atoms with Gasteiger partial charge in [-0.05, 0) is 30.1 Å². The van der Waals surface area contributed by atoms with Gasteiger partial charge in [-0.25, -0.2) is 0 Å². The summed E-state index contributed by atoms with van der Waals surface area (Å²) in [4.78, 5) is 11.9. The van der Waals surface area contributed by atoms with E-state index in [0.717, 1.165) is 11.5 Å². The van der Waals surface area contributed by atoms with E-state index < -0.39 is 6.04 Å². The first kappa shape index (κ1) is 16.1. The lowest BCUT2D eigenvalue weighted by Gasteiger charge is -2.13. The molecule has 106 valence electrons. The Labute approximate surface area is 123 Å². The molecule has 0 heterocycles. The van der Waals surface area contributed by atoms with E-state index >= 15 is 0 Å². The van der Waals surface area contributed by atoms with Crippen LogP contribution in [0.25, 0.3) is 0 Å². The molecule has 0 fully saturated rings. The number of amides is 1. The van der Waals surface area contributed by atoms with Crippen molar-refractivity contribution in [3.05, 3.63) is 23.2 Å². The third kappa shape index (κ3) is 5.30. The summed E-state index contributed by atoms with van der Waals surface area (Å²) < 4.78 is 5.09. The largest absolute Gasteiger partial charge is 0.497 e. The minimum atomic E-state index is -0.527. The quantitative estimate of drug-likeness (QED) is 0.760. The van der Waals surface area contributed by atoms with Crippen molar-refractivity contribution >= 4 is 35.0 Å². The molecule has 19 heavy (non-hydrogen) atoms. The Morgan fingerprint density at radius 1 is 1.58 bits per heavy atom. The van der Waals surface area contributed by atoms with Crippen LogP contribution in [0.2, 0.25) is 5.02 Å². The lowest BCUT2D eigenvalue weighted by atomic mass is 10.2. The molecule has 1 rings (SSSR count). The van der Waals surface area contributed by atoms with Crippen LogP contribution in [0.5, 0.6) is 5.75 Å². The third-order valence-corrected chi connectivity index (χ3v) is 3.81. The molecule has 1 amide bonds. The van der Waals surface area contributed by atoms with Gasteiger partial charge in [0.1, 0.15) is 5.75 Å². The fraction of sp³-hybridized carbons (Fsp3) is 0.462. The summed E-state index contributed by atoms with van der Waals surface area (Å²) in [7, 11) is 1.56. The van der Waals surface area contributed by atoms with E-state index in [1.165, 1.54) is 0 Å². The van der Waals surface area contributed by atoms with Gasteiger partial charge >= 0.3 is 0 Å². The number of ether oxygens (including phenoxy) is 1. The standard InChI is InChI=1S/C13H19ClN2O2S/c1-3-19-7-6-11(15)13(17)16-12-8-9(18-2)4-5-10(12)14/h4-5,8,11H,3,6-7,15H2,1-2H3,(H,16,17)/t11-/m0/s1. The normalized spacial score (nSPS) is 12.0. The predicted molar refractivity (Wildman–Crippen MR) is 82.2 cm³/mol. The SMILES string of the molecule is CCSCC[C@H](N)C(=O)Nc1cc(OC)ccc1Cl. The number of carbonyl (C=O) groups is 1. The molecule has 0 aliphatic carbocycles. The van der Waals surface area contributed by atoms with Gasteiger partial charge in [-0.15, -0.1) is 0 Å². The fourth-order valence-corrected chi connectivity index (χ4v) is 2.31. The number of nitrogens with one attached hydrogen (secondary N) is 1. The smallest absolute Gasteiger partial charge is 0.241 e. The van der Waals surface area contributed by atoms with Gasteiger partial charge in [0.25, 0.3) is 0 Å². The number of thioether (sulfide) groups is 1. The Hall–Kier alpha value is -0.910. The Balaban J connectivity index is 2.60. The average molecular weight is 303 g/mol. The second-order valence-electron chi connectivity index (χ2n) is 3.93. The summed E-state index contributed by atoms with van der Waals surface area (Å²) in [6.45, 7) is 2.08. The zero-order chi connectivity index (χ0) is 14.3. The molecule has 0 aliphatic heterocycles. The molecular weight excluding hydrogens is 284 g/mol. The first-order chi connectivity index (χ1) is 9.08. The van der Waals surface area contributed by atoms with Crippen LogP contribution >= 0.6 is 23.4 Å². The van der Waals surface area contributed by atoms with E-state index in [1.54, 1.807) is 37.1 Å². The Morgan fingerprint density at radius 3 is 2.95 bits per heavy atom. The number of hydrogen-bond acceptors (Lipinski definition) is 4. The van der Waals surface area contributed by atoms with Gasteiger partial charge in [0, 0.05) is 6.07 Å². The highest BCUT2D eigenvalue weighted by molar-refractivity contribution is 7.99. The summed E-state index contributed by atoms with van der Waals surface area (Å²) >= 11 is 7.78. The number of nitrogens with two attached hydrogens (primary N) is 1. The lowest BCUT2D eigenvalue weighted by molar-refractivity contribution is -0.117. The van der Waals surface area contributed by atoms with Crippen LogP contribution in [0, 0.1) is 0 Å². The van der Waals surface area contributed by atoms with Gasteiger partial charge in [-0.3, -0.25) is 4.79 Å². The molecule has 4 nitrogen and oxygen atoms in total. The second kappa shape index (κ2) is 8.30. The zero-order valence-corrected chi connectivity index (χ0v) is 12.7. The molecule has 0 aliphatic rings. The third-order valence-electron chi connectivity index (χ3n) is 2.55. The van der Waals surface area contributed by atoms with Gasteiger partial charge in [0.2, 0.25) is 5.91 Å². The molecule has 3 N–H and O–H groups in total. The summed E-state index contributed by atoms with van der Waals surface area (Å²) in [5, 5.41) is 3.19. The van der Waals surface area contributed by atoms with Crippen LogP contribution in [0.15, 0.2) is 18.2 Å². The molecule has 1 aromatic carbocycles. The highest BCUT2D eigenvalue weighted by Crippen LogP contribution is 2.26. The monoisotopic (exact) mass is 302 g/mol. The summed E-state index contributed by atoms with van der Waals surface area (Å²) in [6, 6.07) is 4.55. The van der Waals surface area contributed by atoms with Crippen molar-refractivity contribution in [3.63, 3.8) is 0 Å². The first-order valence-corrected chi connectivity index (χ1v) is 7.59. The van der Waals surface area contributed by atoms with Gasteiger partial charge in [-0.2, -0.15) is 11.8 Å². The molecule has 0 spiro atoms. The van der Waals surface area contributed by atoms with Crippen molar-refractivity contribution in [2.45, 2.75) is 19.4 Å². The number of rotatable bonds is 7. The van der Waals surface area contributed by atoms with Crippen molar-refractivity contribution in [2.24, 2.45) is 5.73 Å². The fourth-order valence-electron chi connectivity index (χ4n) is 1.44. The minimum Gasteiger partial charge on any atom is -0.497 e. The minimum absolute atomic E-state index is 0.230. The Kier molecular flexibility index (Phi) is 7.05. The first-order valence-electron chi connectivity index (χ1n) is 6.06. The molecule has 0 bridgehead atoms. The van der Waals surface area contributed by atoms with Crippen molar-refractivity contribution in [1.82, 2.24) is 0 Å². The van der Waals surface area contributed by atoms with Gasteiger partial charge in [0.05, 0.1) is 23.9 Å². The Bertz CT molecular complexity index is 429. The maximum atomic E-state index is 11.9. The molecule has 0 saturated carbocycles. The van der Waals surface area contributed by atoms with Crippen molar-refractivity contribution in [3.8, 4) is 5.75 Å².